The third kappa shape index (κ3) is 1.80. The molecule has 1 N–H and O–H groups in total. The first-order valence-electron chi connectivity index (χ1n) is 2.42. The van der Waals surface area contributed by atoms with Crippen LogP contribution in [0, 0.1) is 0 Å². The van der Waals surface area contributed by atoms with E-state index in [1.807, 2.05) is 7.05 Å². The number of nitrogens with one attached hydrogen (secondary N) is 1. The number of allylic oxidation sites excluding steroid dienone is 2. The van der Waals surface area contributed by atoms with Crippen LogP contribution in [0.3, 0.4) is 0 Å². The molecular weight excluding hydrogens is 159 g/mol. The van der Waals surface area contributed by atoms with Gasteiger partial charge in [0.25, 0.3) is 0 Å². The summed E-state index contributed by atoms with van der Waals surface area (Å²) in [4.78, 5) is 0. The third-order valence-electron chi connectivity index (χ3n) is 0.865. The first-order valence-corrected chi connectivity index (χ1v) is 3.18. The summed E-state index contributed by atoms with van der Waals surface area (Å²) in [5.74, 6) is 0. The summed E-state index contributed by atoms with van der Waals surface area (Å²) in [7, 11) is 1.82. The van der Waals surface area contributed by atoms with Crippen LogP contribution in [-0.2, 0) is 0 Å². The minimum absolute atomic E-state index is 0.532. The van der Waals surface area contributed by atoms with E-state index < -0.39 is 0 Å². The number of hydrogen-bond acceptors (Lipinski definition) is 2. The Morgan fingerprint density at radius 2 is 2.22 bits per heavy atom. The molecule has 50 valence electrons. The van der Waals surface area contributed by atoms with E-state index in [0.29, 0.717) is 10.2 Å². The molecule has 1 aliphatic heterocycles. The SMILES string of the molecule is CN1C=C(Cl)C=C(Cl)N1. The zero-order chi connectivity index (χ0) is 6.85. The van der Waals surface area contributed by atoms with E-state index in [0.717, 1.165) is 0 Å². The second-order valence-corrected chi connectivity index (χ2v) is 2.57. The molecule has 0 aliphatic carbocycles. The van der Waals surface area contributed by atoms with Crippen molar-refractivity contribution in [3.8, 4) is 0 Å². The van der Waals surface area contributed by atoms with Crippen molar-refractivity contribution in [2.24, 2.45) is 0 Å². The fourth-order valence-corrected chi connectivity index (χ4v) is 1.14. The zero-order valence-corrected chi connectivity index (χ0v) is 6.37. The molecule has 1 rings (SSSR count). The molecule has 9 heavy (non-hydrogen) atoms. The molecule has 0 bridgehead atoms. The van der Waals surface area contributed by atoms with Crippen LogP contribution < -0.4 is 5.43 Å². The van der Waals surface area contributed by atoms with Crippen molar-refractivity contribution in [1.82, 2.24) is 10.4 Å². The van der Waals surface area contributed by atoms with Crippen molar-refractivity contribution in [3.63, 3.8) is 0 Å². The molecule has 0 saturated carbocycles. The van der Waals surface area contributed by atoms with Gasteiger partial charge in [-0.25, -0.2) is 0 Å². The van der Waals surface area contributed by atoms with Gasteiger partial charge in [0.2, 0.25) is 0 Å². The highest BCUT2D eigenvalue weighted by Gasteiger charge is 2.01. The van der Waals surface area contributed by atoms with Gasteiger partial charge in [-0.3, -0.25) is 10.4 Å². The maximum Gasteiger partial charge on any atom is 0.122 e. The molecule has 0 aromatic heterocycles. The molecule has 0 unspecified atom stereocenters. The van der Waals surface area contributed by atoms with Gasteiger partial charge in [0.15, 0.2) is 0 Å². The fourth-order valence-electron chi connectivity index (χ4n) is 0.576. The predicted octanol–water partition coefficient (Wildman–Crippen LogP) is 1.60. The monoisotopic (exact) mass is 164 g/mol. The maximum absolute atomic E-state index is 5.62. The first-order chi connectivity index (χ1) is 4.18. The lowest BCUT2D eigenvalue weighted by atomic mass is 10.5. The topological polar surface area (TPSA) is 15.3 Å². The lowest BCUT2D eigenvalue weighted by molar-refractivity contribution is 0.375. The molecule has 0 saturated heterocycles. The van der Waals surface area contributed by atoms with Gasteiger partial charge >= 0.3 is 0 Å². The second kappa shape index (κ2) is 2.50. The molecule has 2 nitrogen and oxygen atoms in total. The number of hydrazine groups is 1. The average molecular weight is 165 g/mol. The van der Waals surface area contributed by atoms with Crippen LogP contribution >= 0.6 is 23.2 Å². The van der Waals surface area contributed by atoms with E-state index in [2.05, 4.69) is 5.43 Å². The van der Waals surface area contributed by atoms with Crippen molar-refractivity contribution >= 4 is 23.2 Å². The van der Waals surface area contributed by atoms with Gasteiger partial charge in [-0.15, -0.1) is 0 Å². The van der Waals surface area contributed by atoms with Gasteiger partial charge in [-0.1, -0.05) is 23.2 Å². The summed E-state index contributed by atoms with van der Waals surface area (Å²) in [5.41, 5.74) is 2.81. The van der Waals surface area contributed by atoms with Crippen molar-refractivity contribution in [3.05, 3.63) is 22.5 Å². The van der Waals surface area contributed by atoms with Crippen LogP contribution in [0.2, 0.25) is 0 Å². The van der Waals surface area contributed by atoms with E-state index in [1.54, 1.807) is 17.3 Å². The van der Waals surface area contributed by atoms with Gasteiger partial charge in [-0.05, 0) is 6.08 Å². The van der Waals surface area contributed by atoms with Crippen LogP contribution in [0.25, 0.3) is 0 Å². The van der Waals surface area contributed by atoms with E-state index in [1.165, 1.54) is 0 Å². The normalized spacial score (nSPS) is 18.3. The number of nitrogens with zero attached hydrogens (tertiary/aromatic N) is 1. The highest BCUT2D eigenvalue weighted by molar-refractivity contribution is 6.34. The average Bonchev–Trinajstić information content (AvgIpc) is 1.59. The summed E-state index contributed by atoms with van der Waals surface area (Å²) >= 11 is 11.2. The van der Waals surface area contributed by atoms with Crippen molar-refractivity contribution in [2.75, 3.05) is 7.05 Å². The lowest BCUT2D eigenvalue weighted by Crippen LogP contribution is -2.29. The highest BCUT2D eigenvalue weighted by atomic mass is 35.5. The Balaban J connectivity index is 2.74. The number of halogens is 2. The summed E-state index contributed by atoms with van der Waals surface area (Å²) in [6.45, 7) is 0. The summed E-state index contributed by atoms with van der Waals surface area (Å²) in [5, 5.41) is 2.84. The molecule has 0 atom stereocenters. The van der Waals surface area contributed by atoms with Crippen LogP contribution in [0.15, 0.2) is 22.5 Å². The standard InChI is InChI=1S/C5H6Cl2N2/c1-9-3-4(6)2-5(7)8-9/h2-3,8H,1H3. The molecular formula is C5H6Cl2N2. The Morgan fingerprint density at radius 3 is 2.67 bits per heavy atom. The van der Waals surface area contributed by atoms with E-state index in [-0.39, 0.29) is 0 Å². The van der Waals surface area contributed by atoms with Crippen LogP contribution in [0.5, 0.6) is 0 Å². The molecule has 1 aliphatic rings. The fraction of sp³-hybridized carbons (Fsp3) is 0.200. The molecule has 0 aromatic rings. The number of hydrogen-bond donors (Lipinski definition) is 1. The predicted molar refractivity (Wildman–Crippen MR) is 38.8 cm³/mol. The van der Waals surface area contributed by atoms with Gasteiger partial charge in [-0.2, -0.15) is 0 Å². The third-order valence-corrected chi connectivity index (χ3v) is 1.27. The van der Waals surface area contributed by atoms with Gasteiger partial charge in [0.1, 0.15) is 5.16 Å². The van der Waals surface area contributed by atoms with E-state index >= 15 is 0 Å². The zero-order valence-electron chi connectivity index (χ0n) is 4.86. The van der Waals surface area contributed by atoms with Gasteiger partial charge in [0, 0.05) is 13.2 Å². The Hall–Kier alpha value is -0.340. The quantitative estimate of drug-likeness (QED) is 0.548. The minimum Gasteiger partial charge on any atom is -0.296 e. The molecule has 4 heteroatoms. The van der Waals surface area contributed by atoms with Crippen molar-refractivity contribution < 1.29 is 0 Å². The first kappa shape index (κ1) is 6.78. The van der Waals surface area contributed by atoms with Crippen molar-refractivity contribution in [2.45, 2.75) is 0 Å². The van der Waals surface area contributed by atoms with E-state index in [4.69, 9.17) is 23.2 Å². The minimum atomic E-state index is 0.532. The molecule has 0 amide bonds. The summed E-state index contributed by atoms with van der Waals surface area (Å²) in [6, 6.07) is 0. The Bertz CT molecular complexity index is 174. The Labute approximate surface area is 63.7 Å². The van der Waals surface area contributed by atoms with Gasteiger partial charge < -0.3 is 0 Å². The van der Waals surface area contributed by atoms with Crippen molar-refractivity contribution in [1.29, 1.82) is 0 Å². The summed E-state index contributed by atoms with van der Waals surface area (Å²) < 4.78 is 0. The molecule has 0 fully saturated rings. The maximum atomic E-state index is 5.62. The molecule has 0 spiro atoms. The Kier molecular flexibility index (Phi) is 1.88. The summed E-state index contributed by atoms with van der Waals surface area (Å²) in [6.07, 6.45) is 3.37. The smallest absolute Gasteiger partial charge is 0.122 e. The van der Waals surface area contributed by atoms with Gasteiger partial charge in [0.05, 0.1) is 5.03 Å². The molecule has 0 radical (unpaired) electrons. The van der Waals surface area contributed by atoms with E-state index in [9.17, 15) is 0 Å². The Morgan fingerprint density at radius 1 is 1.56 bits per heavy atom. The second-order valence-electron chi connectivity index (χ2n) is 1.73. The highest BCUT2D eigenvalue weighted by Crippen LogP contribution is 2.13. The molecule has 1 heterocycles. The van der Waals surface area contributed by atoms with Crippen LogP contribution in [0.1, 0.15) is 0 Å². The van der Waals surface area contributed by atoms with Crippen LogP contribution in [0.4, 0.5) is 0 Å². The lowest BCUT2D eigenvalue weighted by Gasteiger charge is -2.19. The largest absolute Gasteiger partial charge is 0.296 e. The molecule has 0 aromatic carbocycles. The van der Waals surface area contributed by atoms with Crippen LogP contribution in [-0.4, -0.2) is 12.1 Å². The number of rotatable bonds is 0.